The second-order valence-electron chi connectivity index (χ2n) is 4.51. The van der Waals surface area contributed by atoms with Crippen molar-refractivity contribution in [1.29, 1.82) is 0 Å². The van der Waals surface area contributed by atoms with Crippen LogP contribution in [-0.2, 0) is 0 Å². The van der Waals surface area contributed by atoms with Crippen LogP contribution in [0.5, 0.6) is 17.2 Å². The molecule has 1 atom stereocenters. The van der Waals surface area contributed by atoms with E-state index in [4.69, 9.17) is 31.5 Å². The van der Waals surface area contributed by atoms with Crippen LogP contribution in [0.1, 0.15) is 17.2 Å². The molecule has 0 saturated heterocycles. The van der Waals surface area contributed by atoms with Crippen LogP contribution >= 0.6 is 11.6 Å². The summed E-state index contributed by atoms with van der Waals surface area (Å²) in [4.78, 5) is 0. The summed E-state index contributed by atoms with van der Waals surface area (Å²) >= 11 is 5.98. The molecule has 2 aromatic carbocycles. The summed E-state index contributed by atoms with van der Waals surface area (Å²) in [5, 5.41) is 0.603. The molecular formula is C16H18ClNO3. The summed E-state index contributed by atoms with van der Waals surface area (Å²) < 4.78 is 15.9. The third-order valence-corrected chi connectivity index (χ3v) is 3.50. The SMILES string of the molecule is COc1cc(OC)cc(C(N)c2ccc(Cl)cc2OC)c1. The van der Waals surface area contributed by atoms with E-state index in [-0.39, 0.29) is 6.04 Å². The van der Waals surface area contributed by atoms with Crippen LogP contribution in [0.25, 0.3) is 0 Å². The van der Waals surface area contributed by atoms with Crippen molar-refractivity contribution in [3.8, 4) is 17.2 Å². The maximum absolute atomic E-state index is 6.36. The molecule has 0 aromatic heterocycles. The quantitative estimate of drug-likeness (QED) is 0.919. The largest absolute Gasteiger partial charge is 0.497 e. The first kappa shape index (κ1) is 15.5. The minimum Gasteiger partial charge on any atom is -0.497 e. The van der Waals surface area contributed by atoms with Crippen LogP contribution in [0, 0.1) is 0 Å². The van der Waals surface area contributed by atoms with Gasteiger partial charge in [-0.15, -0.1) is 0 Å². The van der Waals surface area contributed by atoms with Gasteiger partial charge in [0.25, 0.3) is 0 Å². The van der Waals surface area contributed by atoms with E-state index in [1.54, 1.807) is 39.5 Å². The standard InChI is InChI=1S/C16H18ClNO3/c1-19-12-6-10(7-13(9-12)20-2)16(18)14-5-4-11(17)8-15(14)21-3/h4-9,16H,18H2,1-3H3. The normalized spacial score (nSPS) is 11.9. The van der Waals surface area contributed by atoms with Gasteiger partial charge < -0.3 is 19.9 Å². The lowest BCUT2D eigenvalue weighted by atomic mass is 9.98. The molecule has 2 rings (SSSR count). The van der Waals surface area contributed by atoms with Crippen molar-refractivity contribution >= 4 is 11.6 Å². The molecule has 4 nitrogen and oxygen atoms in total. The van der Waals surface area contributed by atoms with Gasteiger partial charge in [-0.2, -0.15) is 0 Å². The molecule has 0 saturated carbocycles. The van der Waals surface area contributed by atoms with Crippen LogP contribution in [0.4, 0.5) is 0 Å². The highest BCUT2D eigenvalue weighted by atomic mass is 35.5. The molecule has 5 heteroatoms. The van der Waals surface area contributed by atoms with Crippen LogP contribution in [0.15, 0.2) is 36.4 Å². The molecule has 1 unspecified atom stereocenters. The molecule has 0 fully saturated rings. The fourth-order valence-corrected chi connectivity index (χ4v) is 2.29. The molecule has 0 heterocycles. The highest BCUT2D eigenvalue weighted by molar-refractivity contribution is 6.30. The zero-order valence-electron chi connectivity index (χ0n) is 12.2. The van der Waals surface area contributed by atoms with E-state index in [0.717, 1.165) is 11.1 Å². The zero-order valence-corrected chi connectivity index (χ0v) is 13.0. The Morgan fingerprint density at radius 1 is 0.905 bits per heavy atom. The van der Waals surface area contributed by atoms with Crippen molar-refractivity contribution in [3.63, 3.8) is 0 Å². The van der Waals surface area contributed by atoms with Crippen molar-refractivity contribution in [2.75, 3.05) is 21.3 Å². The Balaban J connectivity index is 2.46. The van der Waals surface area contributed by atoms with E-state index in [9.17, 15) is 0 Å². The number of ether oxygens (including phenoxy) is 3. The third-order valence-electron chi connectivity index (χ3n) is 3.26. The summed E-state index contributed by atoms with van der Waals surface area (Å²) in [6.45, 7) is 0. The molecular weight excluding hydrogens is 290 g/mol. The molecule has 0 aliphatic rings. The molecule has 2 N–H and O–H groups in total. The first-order chi connectivity index (χ1) is 10.1. The average Bonchev–Trinajstić information content (AvgIpc) is 2.53. The van der Waals surface area contributed by atoms with Gasteiger partial charge in [0.15, 0.2) is 0 Å². The number of benzene rings is 2. The lowest BCUT2D eigenvalue weighted by Crippen LogP contribution is -2.13. The molecule has 0 aliphatic carbocycles. The molecule has 0 bridgehead atoms. The summed E-state index contributed by atoms with van der Waals surface area (Å²) in [7, 11) is 4.80. The summed E-state index contributed by atoms with van der Waals surface area (Å²) in [5.41, 5.74) is 8.07. The van der Waals surface area contributed by atoms with Gasteiger partial charge in [-0.05, 0) is 29.8 Å². The fourth-order valence-electron chi connectivity index (χ4n) is 2.13. The minimum atomic E-state index is -0.374. The average molecular weight is 308 g/mol. The van der Waals surface area contributed by atoms with Crippen molar-refractivity contribution < 1.29 is 14.2 Å². The van der Waals surface area contributed by atoms with Crippen molar-refractivity contribution in [2.24, 2.45) is 5.73 Å². The molecule has 21 heavy (non-hydrogen) atoms. The van der Waals surface area contributed by atoms with Gasteiger partial charge in [-0.1, -0.05) is 17.7 Å². The molecule has 2 aromatic rings. The number of methoxy groups -OCH3 is 3. The van der Waals surface area contributed by atoms with Crippen LogP contribution in [-0.4, -0.2) is 21.3 Å². The van der Waals surface area contributed by atoms with Gasteiger partial charge >= 0.3 is 0 Å². The lowest BCUT2D eigenvalue weighted by molar-refractivity contribution is 0.392. The summed E-state index contributed by atoms with van der Waals surface area (Å²) in [5.74, 6) is 2.03. The second-order valence-corrected chi connectivity index (χ2v) is 4.95. The molecule has 0 spiro atoms. The van der Waals surface area contributed by atoms with E-state index in [2.05, 4.69) is 0 Å². The smallest absolute Gasteiger partial charge is 0.125 e. The Labute approximate surface area is 129 Å². The van der Waals surface area contributed by atoms with E-state index >= 15 is 0 Å². The van der Waals surface area contributed by atoms with Crippen LogP contribution < -0.4 is 19.9 Å². The first-order valence-corrected chi connectivity index (χ1v) is 6.78. The number of nitrogens with two attached hydrogens (primary N) is 1. The number of hydrogen-bond donors (Lipinski definition) is 1. The van der Waals surface area contributed by atoms with Gasteiger partial charge in [0.1, 0.15) is 17.2 Å². The number of rotatable bonds is 5. The minimum absolute atomic E-state index is 0.374. The summed E-state index contributed by atoms with van der Waals surface area (Å²) in [6, 6.07) is 10.6. The Morgan fingerprint density at radius 2 is 1.52 bits per heavy atom. The monoisotopic (exact) mass is 307 g/mol. The number of halogens is 1. The van der Waals surface area contributed by atoms with Crippen molar-refractivity contribution in [3.05, 3.63) is 52.5 Å². The predicted molar refractivity (Wildman–Crippen MR) is 83.6 cm³/mol. The Hall–Kier alpha value is -1.91. The van der Waals surface area contributed by atoms with E-state index in [1.165, 1.54) is 0 Å². The van der Waals surface area contributed by atoms with Gasteiger partial charge in [-0.3, -0.25) is 0 Å². The fraction of sp³-hybridized carbons (Fsp3) is 0.250. The van der Waals surface area contributed by atoms with Gasteiger partial charge in [0.2, 0.25) is 0 Å². The Bertz CT molecular complexity index is 609. The van der Waals surface area contributed by atoms with E-state index in [0.29, 0.717) is 22.3 Å². The van der Waals surface area contributed by atoms with Crippen molar-refractivity contribution in [2.45, 2.75) is 6.04 Å². The maximum Gasteiger partial charge on any atom is 0.125 e. The lowest BCUT2D eigenvalue weighted by Gasteiger charge is -2.18. The second kappa shape index (κ2) is 6.70. The van der Waals surface area contributed by atoms with E-state index < -0.39 is 0 Å². The van der Waals surface area contributed by atoms with Gasteiger partial charge in [0, 0.05) is 16.7 Å². The van der Waals surface area contributed by atoms with Gasteiger partial charge in [-0.25, -0.2) is 0 Å². The molecule has 0 amide bonds. The molecule has 0 radical (unpaired) electrons. The zero-order chi connectivity index (χ0) is 15.4. The number of hydrogen-bond acceptors (Lipinski definition) is 4. The maximum atomic E-state index is 6.36. The summed E-state index contributed by atoms with van der Waals surface area (Å²) in [6.07, 6.45) is 0. The molecule has 0 aliphatic heterocycles. The van der Waals surface area contributed by atoms with Crippen LogP contribution in [0.3, 0.4) is 0 Å². The third kappa shape index (κ3) is 3.40. The highest BCUT2D eigenvalue weighted by Crippen LogP contribution is 2.33. The topological polar surface area (TPSA) is 53.7 Å². The Kier molecular flexibility index (Phi) is 4.94. The highest BCUT2D eigenvalue weighted by Gasteiger charge is 2.16. The molecule has 112 valence electrons. The predicted octanol–water partition coefficient (Wildman–Crippen LogP) is 3.41. The van der Waals surface area contributed by atoms with Crippen molar-refractivity contribution in [1.82, 2.24) is 0 Å². The first-order valence-electron chi connectivity index (χ1n) is 6.41. The van der Waals surface area contributed by atoms with Crippen LogP contribution in [0.2, 0.25) is 5.02 Å². The Morgan fingerprint density at radius 3 is 2.05 bits per heavy atom. The van der Waals surface area contributed by atoms with Gasteiger partial charge in [0.05, 0.1) is 27.4 Å². The van der Waals surface area contributed by atoms with E-state index in [1.807, 2.05) is 18.2 Å².